The maximum atomic E-state index is 9.59. The van der Waals surface area contributed by atoms with Gasteiger partial charge in [-0.2, -0.15) is 5.26 Å². The average Bonchev–Trinajstić information content (AvgIpc) is 3.05. The molecule has 1 saturated heterocycles. The minimum absolute atomic E-state index is 0.794. The van der Waals surface area contributed by atoms with E-state index in [0.717, 1.165) is 30.9 Å². The molecular weight excluding hydrogens is 294 g/mol. The molecule has 0 saturated carbocycles. The molecule has 1 aliphatic heterocycles. The Morgan fingerprint density at radius 3 is 2.62 bits per heavy atom. The molecule has 0 radical (unpaired) electrons. The Bertz CT molecular complexity index is 895. The molecule has 3 nitrogen and oxygen atoms in total. The van der Waals surface area contributed by atoms with Crippen LogP contribution in [0.3, 0.4) is 0 Å². The molecule has 1 aromatic heterocycles. The van der Waals surface area contributed by atoms with Crippen molar-refractivity contribution in [1.29, 1.82) is 5.26 Å². The standard InChI is InChI=1S/C21H21N3/c22-15-19-14-17(8-9-21(19)23-11-4-1-5-12-23)16-24-13-10-18-6-2-3-7-20(18)24/h2-3,6-10,13-14H,1,4-5,11-12,16H2. The molecule has 0 spiro atoms. The predicted octanol–water partition coefficient (Wildman–Crippen LogP) is 4.55. The van der Waals surface area contributed by atoms with Crippen molar-refractivity contribution in [3.63, 3.8) is 0 Å². The number of aromatic nitrogens is 1. The fraction of sp³-hybridized carbons (Fsp3) is 0.286. The second-order valence-corrected chi connectivity index (χ2v) is 6.51. The van der Waals surface area contributed by atoms with Gasteiger partial charge in [-0.05, 0) is 54.5 Å². The lowest BCUT2D eigenvalue weighted by Gasteiger charge is -2.29. The fourth-order valence-electron chi connectivity index (χ4n) is 3.66. The number of para-hydroxylation sites is 1. The molecule has 0 aliphatic carbocycles. The predicted molar refractivity (Wildman–Crippen MR) is 98.3 cm³/mol. The van der Waals surface area contributed by atoms with Crippen molar-refractivity contribution in [2.45, 2.75) is 25.8 Å². The van der Waals surface area contributed by atoms with Crippen LogP contribution < -0.4 is 4.90 Å². The third kappa shape index (κ3) is 2.76. The number of hydrogen-bond donors (Lipinski definition) is 0. The van der Waals surface area contributed by atoms with Crippen LogP contribution in [0.4, 0.5) is 5.69 Å². The zero-order valence-electron chi connectivity index (χ0n) is 13.8. The van der Waals surface area contributed by atoms with E-state index in [1.807, 2.05) is 0 Å². The van der Waals surface area contributed by atoms with Crippen molar-refractivity contribution in [3.05, 3.63) is 65.9 Å². The molecule has 2 heterocycles. The Labute approximate surface area is 142 Å². The van der Waals surface area contributed by atoms with E-state index < -0.39 is 0 Å². The number of rotatable bonds is 3. The minimum Gasteiger partial charge on any atom is -0.370 e. The zero-order chi connectivity index (χ0) is 16.4. The maximum Gasteiger partial charge on any atom is 0.101 e. The number of anilines is 1. The first-order valence-electron chi connectivity index (χ1n) is 8.67. The summed E-state index contributed by atoms with van der Waals surface area (Å²) < 4.78 is 2.24. The second kappa shape index (κ2) is 6.41. The molecule has 1 aliphatic rings. The second-order valence-electron chi connectivity index (χ2n) is 6.51. The van der Waals surface area contributed by atoms with E-state index in [0.29, 0.717) is 0 Å². The van der Waals surface area contributed by atoms with Crippen LogP contribution >= 0.6 is 0 Å². The van der Waals surface area contributed by atoms with Crippen LogP contribution in [0.15, 0.2) is 54.7 Å². The van der Waals surface area contributed by atoms with Gasteiger partial charge in [0.05, 0.1) is 11.3 Å². The average molecular weight is 315 g/mol. The molecule has 2 aromatic carbocycles. The summed E-state index contributed by atoms with van der Waals surface area (Å²) in [5, 5.41) is 10.8. The van der Waals surface area contributed by atoms with Crippen molar-refractivity contribution in [2.24, 2.45) is 0 Å². The van der Waals surface area contributed by atoms with Crippen LogP contribution in [0, 0.1) is 11.3 Å². The van der Waals surface area contributed by atoms with E-state index in [1.54, 1.807) is 0 Å². The highest BCUT2D eigenvalue weighted by molar-refractivity contribution is 5.80. The summed E-state index contributed by atoms with van der Waals surface area (Å²) >= 11 is 0. The number of nitriles is 1. The van der Waals surface area contributed by atoms with Crippen LogP contribution in [-0.2, 0) is 6.54 Å². The number of hydrogen-bond acceptors (Lipinski definition) is 2. The molecule has 0 N–H and O–H groups in total. The molecule has 3 heteroatoms. The smallest absolute Gasteiger partial charge is 0.101 e. The number of fused-ring (bicyclic) bond motifs is 1. The molecular formula is C21H21N3. The molecule has 4 rings (SSSR count). The normalized spacial score (nSPS) is 14.7. The zero-order valence-corrected chi connectivity index (χ0v) is 13.8. The van der Waals surface area contributed by atoms with E-state index in [-0.39, 0.29) is 0 Å². The van der Waals surface area contributed by atoms with Gasteiger partial charge < -0.3 is 9.47 Å². The molecule has 0 bridgehead atoms. The molecule has 0 atom stereocenters. The number of piperidine rings is 1. The Hall–Kier alpha value is -2.73. The Morgan fingerprint density at radius 2 is 1.79 bits per heavy atom. The van der Waals surface area contributed by atoms with Gasteiger partial charge in [-0.1, -0.05) is 24.3 Å². The Balaban J connectivity index is 1.63. The summed E-state index contributed by atoms with van der Waals surface area (Å²) in [5.74, 6) is 0. The lowest BCUT2D eigenvalue weighted by atomic mass is 10.0. The van der Waals surface area contributed by atoms with Gasteiger partial charge in [0.15, 0.2) is 0 Å². The van der Waals surface area contributed by atoms with Gasteiger partial charge in [-0.25, -0.2) is 0 Å². The van der Waals surface area contributed by atoms with Gasteiger partial charge in [0.25, 0.3) is 0 Å². The summed E-state index contributed by atoms with van der Waals surface area (Å²) in [4.78, 5) is 2.36. The molecule has 0 amide bonds. The van der Waals surface area contributed by atoms with Crippen LogP contribution in [0.2, 0.25) is 0 Å². The third-order valence-electron chi connectivity index (χ3n) is 4.91. The first kappa shape index (κ1) is 14.8. The topological polar surface area (TPSA) is 32.0 Å². The lowest BCUT2D eigenvalue weighted by Crippen LogP contribution is -2.30. The van der Waals surface area contributed by atoms with Crippen molar-refractivity contribution in [2.75, 3.05) is 18.0 Å². The lowest BCUT2D eigenvalue weighted by molar-refractivity contribution is 0.577. The monoisotopic (exact) mass is 315 g/mol. The first-order chi connectivity index (χ1) is 11.8. The largest absolute Gasteiger partial charge is 0.370 e. The summed E-state index contributed by atoms with van der Waals surface area (Å²) in [5.41, 5.74) is 4.30. The van der Waals surface area contributed by atoms with Gasteiger partial charge >= 0.3 is 0 Å². The Morgan fingerprint density at radius 1 is 0.958 bits per heavy atom. The van der Waals surface area contributed by atoms with Crippen LogP contribution in [0.5, 0.6) is 0 Å². The third-order valence-corrected chi connectivity index (χ3v) is 4.91. The van der Waals surface area contributed by atoms with Crippen molar-refractivity contribution in [1.82, 2.24) is 4.57 Å². The number of nitrogens with zero attached hydrogens (tertiary/aromatic N) is 3. The Kier molecular flexibility index (Phi) is 3.96. The fourth-order valence-corrected chi connectivity index (χ4v) is 3.66. The van der Waals surface area contributed by atoms with Crippen LogP contribution in [0.1, 0.15) is 30.4 Å². The van der Waals surface area contributed by atoms with Crippen molar-refractivity contribution < 1.29 is 0 Å². The SMILES string of the molecule is N#Cc1cc(Cn2ccc3ccccc32)ccc1N1CCCCC1. The van der Waals surface area contributed by atoms with Crippen molar-refractivity contribution in [3.8, 4) is 6.07 Å². The quantitative estimate of drug-likeness (QED) is 0.710. The molecule has 1 fully saturated rings. The summed E-state index contributed by atoms with van der Waals surface area (Å²) in [6.07, 6.45) is 5.87. The van der Waals surface area contributed by atoms with Crippen LogP contribution in [-0.4, -0.2) is 17.7 Å². The van der Waals surface area contributed by atoms with Gasteiger partial charge in [0, 0.05) is 31.3 Å². The maximum absolute atomic E-state index is 9.59. The molecule has 24 heavy (non-hydrogen) atoms. The van der Waals surface area contributed by atoms with Gasteiger partial charge in [-0.3, -0.25) is 0 Å². The van der Waals surface area contributed by atoms with E-state index in [4.69, 9.17) is 0 Å². The van der Waals surface area contributed by atoms with Crippen molar-refractivity contribution >= 4 is 16.6 Å². The summed E-state index contributed by atoms with van der Waals surface area (Å²) in [6, 6.07) is 19.3. The van der Waals surface area contributed by atoms with Gasteiger partial charge in [0.1, 0.15) is 6.07 Å². The minimum atomic E-state index is 0.794. The summed E-state index contributed by atoms with van der Waals surface area (Å²) in [7, 11) is 0. The van der Waals surface area contributed by atoms with Crippen LogP contribution in [0.25, 0.3) is 10.9 Å². The highest BCUT2D eigenvalue weighted by Crippen LogP contribution is 2.26. The molecule has 120 valence electrons. The molecule has 0 unspecified atom stereocenters. The highest BCUT2D eigenvalue weighted by Gasteiger charge is 2.15. The summed E-state index contributed by atoms with van der Waals surface area (Å²) in [6.45, 7) is 2.93. The van der Waals surface area contributed by atoms with E-state index in [1.165, 1.54) is 35.7 Å². The van der Waals surface area contributed by atoms with Gasteiger partial charge in [0.2, 0.25) is 0 Å². The van der Waals surface area contributed by atoms with E-state index in [9.17, 15) is 5.26 Å². The van der Waals surface area contributed by atoms with E-state index in [2.05, 4.69) is 70.3 Å². The highest BCUT2D eigenvalue weighted by atomic mass is 15.1. The number of benzene rings is 2. The molecule has 3 aromatic rings. The van der Waals surface area contributed by atoms with Gasteiger partial charge in [-0.15, -0.1) is 0 Å². The first-order valence-corrected chi connectivity index (χ1v) is 8.67. The van der Waals surface area contributed by atoms with E-state index >= 15 is 0 Å².